The Morgan fingerprint density at radius 1 is 1.21 bits per heavy atom. The molecule has 0 N–H and O–H groups in total. The topological polar surface area (TPSA) is 55.5 Å². The number of hydrogen-bond donors (Lipinski definition) is 0. The first-order valence-corrected chi connectivity index (χ1v) is 8.32. The van der Waals surface area contributed by atoms with Crippen LogP contribution < -0.4 is 4.90 Å². The Balaban J connectivity index is 1.78. The summed E-state index contributed by atoms with van der Waals surface area (Å²) in [5.41, 5.74) is 2.01. The van der Waals surface area contributed by atoms with E-state index >= 15 is 0 Å². The second-order valence-electron chi connectivity index (χ2n) is 6.26. The molecule has 0 spiro atoms. The van der Waals surface area contributed by atoms with E-state index in [9.17, 15) is 0 Å². The molecule has 4 rings (SSSR count). The summed E-state index contributed by atoms with van der Waals surface area (Å²) in [4.78, 5) is 11.3. The van der Waals surface area contributed by atoms with Crippen molar-refractivity contribution in [1.29, 1.82) is 0 Å². The van der Waals surface area contributed by atoms with E-state index in [1.165, 1.54) is 0 Å². The molecule has 1 saturated heterocycles. The Labute approximate surface area is 141 Å². The summed E-state index contributed by atoms with van der Waals surface area (Å²) in [6.45, 7) is 3.17. The maximum Gasteiger partial charge on any atom is 0.254 e. The molecule has 1 aliphatic heterocycles. The van der Waals surface area contributed by atoms with Gasteiger partial charge in [0.2, 0.25) is 0 Å². The normalized spacial score (nSPS) is 21.3. The Morgan fingerprint density at radius 2 is 2.04 bits per heavy atom. The molecule has 2 aromatic heterocycles. The smallest absolute Gasteiger partial charge is 0.254 e. The zero-order chi connectivity index (χ0) is 16.5. The fraction of sp³-hybridized carbons (Fsp3) is 0.389. The second-order valence-corrected chi connectivity index (χ2v) is 6.26. The predicted octanol–water partition coefficient (Wildman–Crippen LogP) is 2.80. The maximum atomic E-state index is 5.54. The lowest BCUT2D eigenvalue weighted by atomic mass is 10.0. The maximum absolute atomic E-state index is 5.54. The highest BCUT2D eigenvalue weighted by Crippen LogP contribution is 2.29. The molecule has 0 bridgehead atoms. The fourth-order valence-electron chi connectivity index (χ4n) is 3.44. The van der Waals surface area contributed by atoms with Crippen LogP contribution in [-0.2, 0) is 4.74 Å². The van der Waals surface area contributed by atoms with Gasteiger partial charge in [0.1, 0.15) is 12.1 Å². The van der Waals surface area contributed by atoms with E-state index in [1.54, 1.807) is 13.4 Å². The third-order valence-electron chi connectivity index (χ3n) is 4.76. The van der Waals surface area contributed by atoms with E-state index in [4.69, 9.17) is 4.74 Å². The lowest BCUT2D eigenvalue weighted by molar-refractivity contribution is 0.0718. The number of methoxy groups -OCH3 is 1. The molecular weight excluding hydrogens is 302 g/mol. The highest BCUT2D eigenvalue weighted by molar-refractivity contribution is 5.66. The molecule has 6 nitrogen and oxygen atoms in total. The van der Waals surface area contributed by atoms with Crippen LogP contribution in [0.25, 0.3) is 17.0 Å². The zero-order valence-corrected chi connectivity index (χ0v) is 14.0. The molecule has 124 valence electrons. The van der Waals surface area contributed by atoms with Crippen molar-refractivity contribution in [2.24, 2.45) is 0 Å². The molecule has 3 aromatic rings. The molecule has 3 heterocycles. The highest BCUT2D eigenvalue weighted by Gasteiger charge is 2.27. The van der Waals surface area contributed by atoms with Gasteiger partial charge >= 0.3 is 0 Å². The van der Waals surface area contributed by atoms with Gasteiger partial charge in [0, 0.05) is 31.3 Å². The van der Waals surface area contributed by atoms with Gasteiger partial charge in [0.25, 0.3) is 5.78 Å². The minimum absolute atomic E-state index is 0.331. The molecule has 1 aliphatic rings. The molecule has 2 atom stereocenters. The predicted molar refractivity (Wildman–Crippen MR) is 93.1 cm³/mol. The van der Waals surface area contributed by atoms with E-state index in [-0.39, 0.29) is 0 Å². The van der Waals surface area contributed by atoms with Gasteiger partial charge in [0.05, 0.1) is 11.8 Å². The van der Waals surface area contributed by atoms with Crippen molar-refractivity contribution < 1.29 is 4.74 Å². The van der Waals surface area contributed by atoms with Crippen molar-refractivity contribution >= 4 is 11.6 Å². The van der Waals surface area contributed by atoms with Crippen LogP contribution in [0.4, 0.5) is 5.82 Å². The van der Waals surface area contributed by atoms with E-state index in [2.05, 4.69) is 45.1 Å². The third kappa shape index (κ3) is 2.63. The lowest BCUT2D eigenvalue weighted by Gasteiger charge is -2.38. The summed E-state index contributed by atoms with van der Waals surface area (Å²) < 4.78 is 7.37. The molecule has 0 unspecified atom stereocenters. The van der Waals surface area contributed by atoms with Gasteiger partial charge in [-0.1, -0.05) is 30.3 Å². The van der Waals surface area contributed by atoms with Crippen LogP contribution in [0, 0.1) is 0 Å². The Morgan fingerprint density at radius 3 is 2.79 bits per heavy atom. The highest BCUT2D eigenvalue weighted by atomic mass is 16.5. The van der Waals surface area contributed by atoms with Crippen molar-refractivity contribution in [3.05, 3.63) is 42.7 Å². The van der Waals surface area contributed by atoms with Crippen molar-refractivity contribution in [2.45, 2.75) is 31.9 Å². The number of benzene rings is 1. The Hall–Kier alpha value is -2.47. The fourth-order valence-corrected chi connectivity index (χ4v) is 3.44. The van der Waals surface area contributed by atoms with Crippen LogP contribution in [0.5, 0.6) is 0 Å². The monoisotopic (exact) mass is 323 g/mol. The first-order chi connectivity index (χ1) is 11.8. The van der Waals surface area contributed by atoms with Crippen LogP contribution in [0.15, 0.2) is 42.7 Å². The second kappa shape index (κ2) is 6.20. The number of hydrogen-bond acceptors (Lipinski definition) is 5. The van der Waals surface area contributed by atoms with Gasteiger partial charge < -0.3 is 9.64 Å². The minimum Gasteiger partial charge on any atom is -0.381 e. The van der Waals surface area contributed by atoms with Crippen molar-refractivity contribution in [3.8, 4) is 11.3 Å². The van der Waals surface area contributed by atoms with E-state index in [1.807, 2.05) is 22.7 Å². The summed E-state index contributed by atoms with van der Waals surface area (Å²) >= 11 is 0. The summed E-state index contributed by atoms with van der Waals surface area (Å²) in [6, 6.07) is 12.7. The lowest BCUT2D eigenvalue weighted by Crippen LogP contribution is -2.44. The number of rotatable bonds is 3. The number of piperidine rings is 1. The number of aromatic nitrogens is 4. The van der Waals surface area contributed by atoms with E-state index in [0.29, 0.717) is 17.9 Å². The average Bonchev–Trinajstić information content (AvgIpc) is 3.10. The summed E-state index contributed by atoms with van der Waals surface area (Å²) in [6.07, 6.45) is 3.92. The van der Waals surface area contributed by atoms with Crippen LogP contribution in [0.3, 0.4) is 0 Å². The van der Waals surface area contributed by atoms with Crippen molar-refractivity contribution in [3.63, 3.8) is 0 Å². The minimum atomic E-state index is 0.331. The molecule has 0 saturated carbocycles. The van der Waals surface area contributed by atoms with Gasteiger partial charge in [-0.25, -0.2) is 4.98 Å². The summed E-state index contributed by atoms with van der Waals surface area (Å²) in [7, 11) is 1.79. The van der Waals surface area contributed by atoms with Gasteiger partial charge in [-0.15, -0.1) is 0 Å². The summed E-state index contributed by atoms with van der Waals surface area (Å²) in [5.74, 6) is 1.67. The number of anilines is 1. The first-order valence-electron chi connectivity index (χ1n) is 8.32. The largest absolute Gasteiger partial charge is 0.381 e. The van der Waals surface area contributed by atoms with Crippen LogP contribution in [-0.4, -0.2) is 45.4 Å². The molecule has 0 aliphatic carbocycles. The molecule has 1 fully saturated rings. The Kier molecular flexibility index (Phi) is 3.90. The number of nitrogens with zero attached hydrogens (tertiary/aromatic N) is 5. The molecule has 6 heteroatoms. The molecular formula is C18H21N5O. The van der Waals surface area contributed by atoms with E-state index in [0.717, 1.165) is 36.5 Å². The summed E-state index contributed by atoms with van der Waals surface area (Å²) in [5, 5.41) is 4.37. The van der Waals surface area contributed by atoms with Crippen molar-refractivity contribution in [1.82, 2.24) is 19.6 Å². The van der Waals surface area contributed by atoms with Crippen LogP contribution in [0.1, 0.15) is 19.8 Å². The molecule has 0 amide bonds. The molecule has 0 radical (unpaired) electrons. The van der Waals surface area contributed by atoms with Gasteiger partial charge in [-0.2, -0.15) is 14.6 Å². The van der Waals surface area contributed by atoms with Crippen LogP contribution in [0.2, 0.25) is 0 Å². The van der Waals surface area contributed by atoms with Gasteiger partial charge in [-0.3, -0.25) is 0 Å². The first kappa shape index (κ1) is 15.1. The third-order valence-corrected chi connectivity index (χ3v) is 4.76. The van der Waals surface area contributed by atoms with Gasteiger partial charge in [0.15, 0.2) is 0 Å². The Bertz CT molecular complexity index is 832. The standard InChI is InChI=1S/C18H21N5O/c1-13-10-15(24-2)8-9-22(13)17-11-16(14-6-4-3-5-7-14)21-18-19-12-20-23(17)18/h3-7,11-13,15H,8-10H2,1-2H3/t13-,15-/m1/s1. The average molecular weight is 323 g/mol. The molecule has 24 heavy (non-hydrogen) atoms. The van der Waals surface area contributed by atoms with E-state index < -0.39 is 0 Å². The number of fused-ring (bicyclic) bond motifs is 1. The zero-order valence-electron chi connectivity index (χ0n) is 14.0. The SMILES string of the molecule is CO[C@@H]1CCN(c2cc(-c3ccccc3)nc3ncnn23)[C@H](C)C1. The number of ether oxygens (including phenoxy) is 1. The quantitative estimate of drug-likeness (QED) is 0.742. The van der Waals surface area contributed by atoms with Crippen molar-refractivity contribution in [2.75, 3.05) is 18.6 Å². The van der Waals surface area contributed by atoms with Gasteiger partial charge in [-0.05, 0) is 19.8 Å². The molecule has 1 aromatic carbocycles. The van der Waals surface area contributed by atoms with Crippen LogP contribution >= 0.6 is 0 Å².